The summed E-state index contributed by atoms with van der Waals surface area (Å²) in [4.78, 5) is 0. The van der Waals surface area contributed by atoms with Crippen molar-refractivity contribution in [2.45, 2.75) is 0 Å². The third-order valence-corrected chi connectivity index (χ3v) is 4.57. The summed E-state index contributed by atoms with van der Waals surface area (Å²) in [7, 11) is 0. The number of anilines is 2. The number of benzene rings is 4. The summed E-state index contributed by atoms with van der Waals surface area (Å²) in [6.07, 6.45) is 0. The molecule has 0 saturated heterocycles. The predicted molar refractivity (Wildman–Crippen MR) is 154 cm³/mol. The average molecular weight is 568 g/mol. The quantitative estimate of drug-likeness (QED) is 0.0843. The summed E-state index contributed by atoms with van der Waals surface area (Å²) in [5, 5.41) is 16.3. The van der Waals surface area contributed by atoms with E-state index in [1.165, 1.54) is 0 Å². The number of thiocarbonyl (C=S) groups is 2. The molecule has 8 nitrogen and oxygen atoms in total. The van der Waals surface area contributed by atoms with Crippen molar-refractivity contribution in [3.8, 4) is 0 Å². The minimum atomic E-state index is 0. The Morgan fingerprint density at radius 3 is 1.08 bits per heavy atom. The molecule has 4 N–H and O–H groups in total. The molecule has 185 valence electrons. The number of nitrogens with zero attached hydrogens (tertiary/aromatic N) is 4. The molecule has 0 bridgehead atoms. The van der Waals surface area contributed by atoms with E-state index in [0.717, 1.165) is 22.7 Å². The molecule has 11 heteroatoms. The van der Waals surface area contributed by atoms with Crippen LogP contribution in [-0.2, 0) is 17.1 Å². The Bertz CT molecular complexity index is 1160. The van der Waals surface area contributed by atoms with E-state index in [1.54, 1.807) is 0 Å². The molecule has 0 fully saturated rings. The van der Waals surface area contributed by atoms with Gasteiger partial charge in [0.15, 0.2) is 0 Å². The second-order valence-corrected chi connectivity index (χ2v) is 7.69. The molecule has 0 aliphatic rings. The molecule has 0 amide bonds. The van der Waals surface area contributed by atoms with Gasteiger partial charge < -0.3 is 0 Å². The largest absolute Gasteiger partial charge is 2.00 e. The summed E-state index contributed by atoms with van der Waals surface area (Å²) in [5.41, 5.74) is 14.8. The SMILES string of the molecule is S=C(N=Nc1ccccc1)NNc1ccccc1.S=C(N=Nc1ccccc1)NNc1ccccc1.[Mn+2]. The first-order valence-corrected chi connectivity index (χ1v) is 11.7. The fourth-order valence-electron chi connectivity index (χ4n) is 2.54. The molecule has 4 rings (SSSR count). The van der Waals surface area contributed by atoms with Crippen LogP contribution in [0.1, 0.15) is 0 Å². The van der Waals surface area contributed by atoms with Crippen LogP contribution in [0.15, 0.2) is 142 Å². The first-order chi connectivity index (χ1) is 17.7. The fourth-order valence-corrected chi connectivity index (χ4v) is 2.72. The molecule has 0 aliphatic carbocycles. The maximum Gasteiger partial charge on any atom is 2.00 e. The Labute approximate surface area is 237 Å². The van der Waals surface area contributed by atoms with Gasteiger partial charge in [0, 0.05) is 0 Å². The number of para-hydroxylation sites is 2. The van der Waals surface area contributed by atoms with Gasteiger partial charge in [-0.2, -0.15) is 0 Å². The summed E-state index contributed by atoms with van der Waals surface area (Å²) < 4.78 is 0. The number of rotatable bonds is 6. The van der Waals surface area contributed by atoms with Crippen LogP contribution in [-0.4, -0.2) is 10.2 Å². The summed E-state index contributed by atoms with van der Waals surface area (Å²) in [6.45, 7) is 0. The summed E-state index contributed by atoms with van der Waals surface area (Å²) in [6, 6.07) is 38.1. The minimum Gasteiger partial charge on any atom is -0.299 e. The first-order valence-electron chi connectivity index (χ1n) is 10.8. The minimum absolute atomic E-state index is 0. The molecule has 4 aromatic rings. The Balaban J connectivity index is 0.000000253. The van der Waals surface area contributed by atoms with Crippen molar-refractivity contribution in [2.24, 2.45) is 20.5 Å². The van der Waals surface area contributed by atoms with Gasteiger partial charge in [-0.05, 0) is 73.0 Å². The van der Waals surface area contributed by atoms with E-state index in [9.17, 15) is 0 Å². The van der Waals surface area contributed by atoms with E-state index in [4.69, 9.17) is 24.4 Å². The van der Waals surface area contributed by atoms with Gasteiger partial charge in [-0.25, -0.2) is 0 Å². The third kappa shape index (κ3) is 12.5. The van der Waals surface area contributed by atoms with Gasteiger partial charge in [0.05, 0.1) is 22.7 Å². The molecule has 0 heterocycles. The summed E-state index contributed by atoms with van der Waals surface area (Å²) in [5.74, 6) is 0. The van der Waals surface area contributed by atoms with Crippen molar-refractivity contribution in [2.75, 3.05) is 10.9 Å². The smallest absolute Gasteiger partial charge is 0.299 e. The maximum absolute atomic E-state index is 5.02. The molecule has 0 aliphatic heterocycles. The zero-order chi connectivity index (χ0) is 25.3. The second kappa shape index (κ2) is 17.4. The van der Waals surface area contributed by atoms with Crippen molar-refractivity contribution in [3.05, 3.63) is 121 Å². The van der Waals surface area contributed by atoms with Crippen LogP contribution in [0.4, 0.5) is 22.7 Å². The Morgan fingerprint density at radius 2 is 0.757 bits per heavy atom. The molecule has 0 saturated carbocycles. The number of azo groups is 2. The van der Waals surface area contributed by atoms with Gasteiger partial charge >= 0.3 is 17.1 Å². The fraction of sp³-hybridized carbons (Fsp3) is 0. The van der Waals surface area contributed by atoms with Crippen molar-refractivity contribution in [1.29, 1.82) is 0 Å². The zero-order valence-corrected chi connectivity index (χ0v) is 22.3. The Hall–Kier alpha value is -4.02. The van der Waals surface area contributed by atoms with Crippen LogP contribution in [0.2, 0.25) is 0 Å². The van der Waals surface area contributed by atoms with E-state index in [0.29, 0.717) is 0 Å². The molecule has 1 radical (unpaired) electrons. The number of hydrogen-bond donors (Lipinski definition) is 4. The molecular formula is C26H24MnN8S2+2. The molecular weight excluding hydrogens is 543 g/mol. The van der Waals surface area contributed by atoms with Crippen molar-refractivity contribution >= 4 is 57.4 Å². The van der Waals surface area contributed by atoms with Crippen LogP contribution >= 0.6 is 24.4 Å². The molecule has 0 spiro atoms. The van der Waals surface area contributed by atoms with Crippen molar-refractivity contribution in [3.63, 3.8) is 0 Å². The van der Waals surface area contributed by atoms with Crippen LogP contribution < -0.4 is 21.7 Å². The van der Waals surface area contributed by atoms with E-state index in [1.807, 2.05) is 121 Å². The van der Waals surface area contributed by atoms with Crippen LogP contribution in [0.3, 0.4) is 0 Å². The van der Waals surface area contributed by atoms with Gasteiger partial charge in [-0.15, -0.1) is 20.5 Å². The van der Waals surface area contributed by atoms with Gasteiger partial charge in [0.1, 0.15) is 0 Å². The molecule has 0 unspecified atom stereocenters. The van der Waals surface area contributed by atoms with Gasteiger partial charge in [0.25, 0.3) is 0 Å². The monoisotopic (exact) mass is 567 g/mol. The number of hydrazine groups is 2. The Kier molecular flexibility index (Phi) is 13.7. The number of nitrogens with one attached hydrogen (secondary N) is 4. The summed E-state index contributed by atoms with van der Waals surface area (Å²) >= 11 is 10.0. The number of hydrogen-bond acceptors (Lipinski definition) is 6. The molecule has 4 aromatic carbocycles. The third-order valence-electron chi connectivity index (χ3n) is 4.20. The van der Waals surface area contributed by atoms with Crippen molar-refractivity contribution in [1.82, 2.24) is 10.9 Å². The van der Waals surface area contributed by atoms with E-state index < -0.39 is 0 Å². The van der Waals surface area contributed by atoms with Gasteiger partial charge in [-0.1, -0.05) is 72.8 Å². The van der Waals surface area contributed by atoms with E-state index >= 15 is 0 Å². The van der Waals surface area contributed by atoms with Crippen LogP contribution in [0.25, 0.3) is 0 Å². The van der Waals surface area contributed by atoms with E-state index in [2.05, 4.69) is 42.2 Å². The topological polar surface area (TPSA) is 97.6 Å². The predicted octanol–water partition coefficient (Wildman–Crippen LogP) is 7.34. The van der Waals surface area contributed by atoms with Crippen molar-refractivity contribution < 1.29 is 17.1 Å². The zero-order valence-electron chi connectivity index (χ0n) is 19.5. The normalized spacial score (nSPS) is 9.95. The molecule has 0 atom stereocenters. The van der Waals surface area contributed by atoms with Gasteiger partial charge in [0.2, 0.25) is 10.2 Å². The van der Waals surface area contributed by atoms with E-state index in [-0.39, 0.29) is 27.3 Å². The molecule has 37 heavy (non-hydrogen) atoms. The Morgan fingerprint density at radius 1 is 0.459 bits per heavy atom. The second-order valence-electron chi connectivity index (χ2n) is 6.91. The maximum atomic E-state index is 5.02. The standard InChI is InChI=1S/2C13H12N4S.Mn/c2*18-13(16-14-11-7-3-1-4-8-11)17-15-12-9-5-2-6-10-12;/h2*1-10,14H,(H,16,18);/q;;+2. The van der Waals surface area contributed by atoms with Crippen LogP contribution in [0.5, 0.6) is 0 Å². The first kappa shape index (κ1) is 29.2. The molecule has 0 aromatic heterocycles. The van der Waals surface area contributed by atoms with Crippen LogP contribution in [0, 0.1) is 0 Å². The van der Waals surface area contributed by atoms with Gasteiger partial charge in [-0.3, -0.25) is 21.7 Å². The average Bonchev–Trinajstić information content (AvgIpc) is 2.95.